The molecule has 0 fully saturated rings. The van der Waals surface area contributed by atoms with E-state index in [-0.39, 0.29) is 0 Å². The SMILES string of the molecule is N#Cc1c(-c2ccccc2)cccc1-c1ccccc1-n1c2ccccc2c2cc(C(F)(F)F)ccc21. The first kappa shape index (κ1) is 22.6. The van der Waals surface area contributed by atoms with Crippen LogP contribution >= 0.6 is 0 Å². The molecule has 1 aromatic heterocycles. The molecule has 0 aliphatic carbocycles. The number of fused-ring (bicyclic) bond motifs is 3. The first-order valence-electron chi connectivity index (χ1n) is 11.8. The number of hydrogen-bond acceptors (Lipinski definition) is 1. The largest absolute Gasteiger partial charge is 0.416 e. The van der Waals surface area contributed by atoms with E-state index in [4.69, 9.17) is 0 Å². The smallest absolute Gasteiger partial charge is 0.309 e. The van der Waals surface area contributed by atoms with Gasteiger partial charge >= 0.3 is 6.18 Å². The molecule has 0 saturated heterocycles. The molecule has 2 nitrogen and oxygen atoms in total. The van der Waals surface area contributed by atoms with Gasteiger partial charge in [-0.05, 0) is 35.9 Å². The van der Waals surface area contributed by atoms with Crippen LogP contribution in [0.5, 0.6) is 0 Å². The quantitative estimate of drug-likeness (QED) is 0.244. The van der Waals surface area contributed by atoms with Gasteiger partial charge in [0.05, 0.1) is 27.8 Å². The summed E-state index contributed by atoms with van der Waals surface area (Å²) in [7, 11) is 0. The lowest BCUT2D eigenvalue weighted by molar-refractivity contribution is -0.137. The number of nitrogens with zero attached hydrogens (tertiary/aromatic N) is 2. The van der Waals surface area contributed by atoms with Gasteiger partial charge in [0.2, 0.25) is 0 Å². The Kier molecular flexibility index (Phi) is 5.31. The lowest BCUT2D eigenvalue weighted by Crippen LogP contribution is -2.04. The Balaban J connectivity index is 1.66. The topological polar surface area (TPSA) is 28.7 Å². The maximum Gasteiger partial charge on any atom is 0.416 e. The Morgan fingerprint density at radius 2 is 1.24 bits per heavy atom. The normalized spacial score (nSPS) is 11.6. The number of aromatic nitrogens is 1. The van der Waals surface area contributed by atoms with Crippen molar-refractivity contribution in [3.8, 4) is 34.0 Å². The first-order valence-corrected chi connectivity index (χ1v) is 11.8. The highest BCUT2D eigenvalue weighted by atomic mass is 19.4. The highest BCUT2D eigenvalue weighted by Gasteiger charge is 2.31. The number of alkyl halides is 3. The second-order valence-electron chi connectivity index (χ2n) is 8.81. The summed E-state index contributed by atoms with van der Waals surface area (Å²) >= 11 is 0. The van der Waals surface area contributed by atoms with Crippen molar-refractivity contribution in [1.82, 2.24) is 4.57 Å². The van der Waals surface area contributed by atoms with Gasteiger partial charge in [0.15, 0.2) is 0 Å². The summed E-state index contributed by atoms with van der Waals surface area (Å²) in [5.41, 5.74) is 5.45. The molecule has 0 amide bonds. The molecular weight excluding hydrogens is 469 g/mol. The van der Waals surface area contributed by atoms with Crippen LogP contribution in [-0.2, 0) is 6.18 Å². The summed E-state index contributed by atoms with van der Waals surface area (Å²) in [6, 6.07) is 36.9. The van der Waals surface area contributed by atoms with Crippen LogP contribution in [0.15, 0.2) is 115 Å². The van der Waals surface area contributed by atoms with Crippen LogP contribution in [-0.4, -0.2) is 4.57 Å². The highest BCUT2D eigenvalue weighted by molar-refractivity contribution is 6.10. The molecule has 0 unspecified atom stereocenters. The Morgan fingerprint density at radius 1 is 0.595 bits per heavy atom. The summed E-state index contributed by atoms with van der Waals surface area (Å²) < 4.78 is 42.6. The number of para-hydroxylation sites is 2. The van der Waals surface area contributed by atoms with Crippen molar-refractivity contribution in [1.29, 1.82) is 5.26 Å². The summed E-state index contributed by atoms with van der Waals surface area (Å²) in [5, 5.41) is 11.5. The standard InChI is InChI=1S/C32H19F3N2/c33-32(34,35)22-17-18-31-27(19-22)26-12-5-7-16-30(26)37(31)29-15-6-4-11-25(29)24-14-8-13-23(28(24)20-36)21-9-2-1-3-10-21/h1-19H. The fraction of sp³-hybridized carbons (Fsp3) is 0.0312. The van der Waals surface area contributed by atoms with Gasteiger partial charge in [-0.3, -0.25) is 0 Å². The van der Waals surface area contributed by atoms with Crippen molar-refractivity contribution >= 4 is 21.8 Å². The molecule has 6 rings (SSSR count). The van der Waals surface area contributed by atoms with Crippen LogP contribution in [0, 0.1) is 11.3 Å². The van der Waals surface area contributed by atoms with Gasteiger partial charge in [-0.1, -0.05) is 84.9 Å². The molecule has 0 bridgehead atoms. The summed E-state index contributed by atoms with van der Waals surface area (Å²) in [5.74, 6) is 0. The number of hydrogen-bond donors (Lipinski definition) is 0. The third-order valence-electron chi connectivity index (χ3n) is 6.70. The van der Waals surface area contributed by atoms with Gasteiger partial charge in [-0.2, -0.15) is 18.4 Å². The molecule has 0 aliphatic heterocycles. The minimum absolute atomic E-state index is 0.527. The van der Waals surface area contributed by atoms with Gasteiger partial charge in [-0.25, -0.2) is 0 Å². The van der Waals surface area contributed by atoms with Crippen molar-refractivity contribution in [2.75, 3.05) is 0 Å². The molecule has 0 N–H and O–H groups in total. The molecule has 6 aromatic rings. The first-order chi connectivity index (χ1) is 18.0. The van der Waals surface area contributed by atoms with E-state index >= 15 is 0 Å². The molecule has 0 radical (unpaired) electrons. The molecule has 0 spiro atoms. The third kappa shape index (κ3) is 3.75. The van der Waals surface area contributed by atoms with Gasteiger partial charge in [0.1, 0.15) is 6.07 Å². The van der Waals surface area contributed by atoms with Gasteiger partial charge < -0.3 is 4.57 Å². The van der Waals surface area contributed by atoms with Crippen LogP contribution in [0.1, 0.15) is 11.1 Å². The van der Waals surface area contributed by atoms with Crippen molar-refractivity contribution in [3.05, 3.63) is 126 Å². The second-order valence-corrected chi connectivity index (χ2v) is 8.81. The Labute approximate surface area is 211 Å². The van der Waals surface area contributed by atoms with Gasteiger partial charge in [-0.15, -0.1) is 0 Å². The Bertz CT molecular complexity index is 1820. The minimum atomic E-state index is -4.44. The molecule has 0 saturated carbocycles. The molecule has 5 aromatic carbocycles. The lowest BCUT2D eigenvalue weighted by atomic mass is 9.91. The molecule has 0 atom stereocenters. The zero-order valence-electron chi connectivity index (χ0n) is 19.5. The van der Waals surface area contributed by atoms with Crippen molar-refractivity contribution in [2.45, 2.75) is 6.18 Å². The molecule has 178 valence electrons. The maximum absolute atomic E-state index is 13.6. The molecular formula is C32H19F3N2. The predicted molar refractivity (Wildman–Crippen MR) is 141 cm³/mol. The van der Waals surface area contributed by atoms with Gasteiger partial charge in [0.25, 0.3) is 0 Å². The fourth-order valence-corrected chi connectivity index (χ4v) is 5.06. The zero-order chi connectivity index (χ0) is 25.6. The lowest BCUT2D eigenvalue weighted by Gasteiger charge is -2.16. The van der Waals surface area contributed by atoms with E-state index in [1.54, 1.807) is 0 Å². The van der Waals surface area contributed by atoms with Crippen molar-refractivity contribution < 1.29 is 13.2 Å². The van der Waals surface area contributed by atoms with E-state index in [1.165, 1.54) is 12.1 Å². The van der Waals surface area contributed by atoms with E-state index in [1.807, 2.05) is 102 Å². The zero-order valence-corrected chi connectivity index (χ0v) is 19.5. The third-order valence-corrected chi connectivity index (χ3v) is 6.70. The summed E-state index contributed by atoms with van der Waals surface area (Å²) in [6.45, 7) is 0. The minimum Gasteiger partial charge on any atom is -0.309 e. The van der Waals surface area contributed by atoms with E-state index in [0.717, 1.165) is 44.9 Å². The molecule has 0 aliphatic rings. The van der Waals surface area contributed by atoms with E-state index in [2.05, 4.69) is 6.07 Å². The van der Waals surface area contributed by atoms with Crippen LogP contribution in [0.4, 0.5) is 13.2 Å². The van der Waals surface area contributed by atoms with Crippen LogP contribution < -0.4 is 0 Å². The van der Waals surface area contributed by atoms with Crippen LogP contribution in [0.3, 0.4) is 0 Å². The van der Waals surface area contributed by atoms with Gasteiger partial charge in [0, 0.05) is 27.5 Å². The van der Waals surface area contributed by atoms with E-state index < -0.39 is 11.7 Å². The highest BCUT2D eigenvalue weighted by Crippen LogP contribution is 2.40. The van der Waals surface area contributed by atoms with Crippen molar-refractivity contribution in [3.63, 3.8) is 0 Å². The number of nitriles is 1. The predicted octanol–water partition coefficient (Wildman–Crippen LogP) is 9.01. The monoisotopic (exact) mass is 488 g/mol. The Hall–Kier alpha value is -4.82. The molecule has 37 heavy (non-hydrogen) atoms. The maximum atomic E-state index is 13.6. The summed E-state index contributed by atoms with van der Waals surface area (Å²) in [6.07, 6.45) is -4.44. The molecule has 5 heteroatoms. The van der Waals surface area contributed by atoms with E-state index in [0.29, 0.717) is 16.5 Å². The molecule has 1 heterocycles. The fourth-order valence-electron chi connectivity index (χ4n) is 5.06. The van der Waals surface area contributed by atoms with E-state index in [9.17, 15) is 18.4 Å². The van der Waals surface area contributed by atoms with Crippen LogP contribution in [0.2, 0.25) is 0 Å². The average Bonchev–Trinajstić information content (AvgIpc) is 3.26. The number of rotatable bonds is 3. The average molecular weight is 489 g/mol. The van der Waals surface area contributed by atoms with Crippen molar-refractivity contribution in [2.24, 2.45) is 0 Å². The summed E-state index contributed by atoms with van der Waals surface area (Å²) in [4.78, 5) is 0. The number of halogens is 3. The number of benzene rings is 5. The Morgan fingerprint density at radius 3 is 2.03 bits per heavy atom. The second kappa shape index (κ2) is 8.69. The van der Waals surface area contributed by atoms with Crippen LogP contribution in [0.25, 0.3) is 49.7 Å².